The normalized spacial score (nSPS) is 14.0. The molecule has 0 aliphatic carbocycles. The fraction of sp³-hybridized carbons (Fsp3) is 0.278. The molecule has 0 fully saturated rings. The summed E-state index contributed by atoms with van der Waals surface area (Å²) in [5, 5.41) is 13.7. The Kier molecular flexibility index (Phi) is 7.24. The zero-order valence-electron chi connectivity index (χ0n) is 15.5. The van der Waals surface area contributed by atoms with Crippen LogP contribution in [0.1, 0.15) is 18.1 Å². The van der Waals surface area contributed by atoms with Crippen LogP contribution >= 0.6 is 23.2 Å². The van der Waals surface area contributed by atoms with Crippen LogP contribution in [0.25, 0.3) is 0 Å². The van der Waals surface area contributed by atoms with E-state index in [0.717, 1.165) is 24.3 Å². The van der Waals surface area contributed by atoms with Gasteiger partial charge in [0, 0.05) is 6.54 Å². The Morgan fingerprint density at radius 3 is 2.00 bits per heavy atom. The van der Waals surface area contributed by atoms with Crippen LogP contribution in [0, 0.1) is 0 Å². The number of carbonyl (C=O) groups excluding carboxylic acids is 1. The molecule has 31 heavy (non-hydrogen) atoms. The van der Waals surface area contributed by atoms with Crippen molar-refractivity contribution in [1.29, 1.82) is 0 Å². The highest BCUT2D eigenvalue weighted by molar-refractivity contribution is 6.39. The molecule has 170 valence electrons. The predicted octanol–water partition coefficient (Wildman–Crippen LogP) is 5.98. The molecule has 2 amide bonds. The second-order valence-corrected chi connectivity index (χ2v) is 7.20. The van der Waals surface area contributed by atoms with Crippen molar-refractivity contribution >= 4 is 34.9 Å². The number of carbonyl (C=O) groups is 1. The van der Waals surface area contributed by atoms with Gasteiger partial charge in [-0.25, -0.2) is 4.79 Å². The first-order chi connectivity index (χ1) is 14.1. The third-order valence-corrected chi connectivity index (χ3v) is 4.60. The zero-order valence-corrected chi connectivity index (χ0v) is 17.0. The smallest absolute Gasteiger partial charge is 0.406 e. The lowest BCUT2D eigenvalue weighted by Gasteiger charge is -2.27. The number of hydrogen-bond acceptors (Lipinski definition) is 3. The minimum Gasteiger partial charge on any atom is -0.406 e. The molecule has 2 aromatic rings. The van der Waals surface area contributed by atoms with Crippen molar-refractivity contribution in [2.45, 2.75) is 31.6 Å². The molecule has 0 saturated carbocycles. The quantitative estimate of drug-likeness (QED) is 0.451. The van der Waals surface area contributed by atoms with Crippen molar-refractivity contribution in [3.63, 3.8) is 0 Å². The first-order valence-electron chi connectivity index (χ1n) is 8.28. The Morgan fingerprint density at radius 2 is 1.55 bits per heavy atom. The molecule has 0 radical (unpaired) electrons. The Bertz CT molecular complexity index is 924. The van der Waals surface area contributed by atoms with Gasteiger partial charge in [-0.1, -0.05) is 35.3 Å². The van der Waals surface area contributed by atoms with Gasteiger partial charge in [0.1, 0.15) is 5.75 Å². The first kappa shape index (κ1) is 24.9. The summed E-state index contributed by atoms with van der Waals surface area (Å²) in [6.07, 6.45) is -9.83. The molecule has 5 nitrogen and oxygen atoms in total. The van der Waals surface area contributed by atoms with Gasteiger partial charge in [0.15, 0.2) is 5.60 Å². The average Bonchev–Trinajstić information content (AvgIpc) is 2.61. The van der Waals surface area contributed by atoms with E-state index in [1.807, 2.05) is 0 Å². The molecule has 3 N–H and O–H groups in total. The van der Waals surface area contributed by atoms with Gasteiger partial charge in [0.05, 0.1) is 15.7 Å². The summed E-state index contributed by atoms with van der Waals surface area (Å²) in [5.41, 5.74) is -3.61. The summed E-state index contributed by atoms with van der Waals surface area (Å²) in [4.78, 5) is 12.0. The molecule has 2 rings (SSSR count). The van der Waals surface area contributed by atoms with E-state index in [1.165, 1.54) is 12.1 Å². The molecular formula is C18H14Cl2F6N2O3. The van der Waals surface area contributed by atoms with Gasteiger partial charge in [-0.3, -0.25) is 0 Å². The number of anilines is 1. The highest BCUT2D eigenvalue weighted by Crippen LogP contribution is 2.42. The van der Waals surface area contributed by atoms with Gasteiger partial charge in [0.25, 0.3) is 0 Å². The molecule has 0 aliphatic rings. The Hall–Kier alpha value is -2.37. The number of aliphatic hydroxyl groups is 1. The van der Waals surface area contributed by atoms with E-state index in [2.05, 4.69) is 15.4 Å². The largest absolute Gasteiger partial charge is 0.573 e. The van der Waals surface area contributed by atoms with Gasteiger partial charge >= 0.3 is 18.6 Å². The molecule has 1 atom stereocenters. The predicted molar refractivity (Wildman–Crippen MR) is 101 cm³/mol. The maximum absolute atomic E-state index is 13.0. The van der Waals surface area contributed by atoms with Gasteiger partial charge < -0.3 is 20.5 Å². The topological polar surface area (TPSA) is 70.6 Å². The maximum Gasteiger partial charge on any atom is 0.573 e. The van der Waals surface area contributed by atoms with Crippen LogP contribution in [0.5, 0.6) is 5.75 Å². The molecule has 13 heteroatoms. The van der Waals surface area contributed by atoms with E-state index >= 15 is 0 Å². The van der Waals surface area contributed by atoms with Crippen molar-refractivity contribution in [2.75, 3.05) is 5.32 Å². The number of hydrogen-bond donors (Lipinski definition) is 3. The second-order valence-electron chi connectivity index (χ2n) is 6.38. The van der Waals surface area contributed by atoms with Crippen LogP contribution < -0.4 is 15.4 Å². The number of halogens is 8. The Labute approximate surface area is 181 Å². The number of alkyl halides is 6. The number of urea groups is 1. The van der Waals surface area contributed by atoms with Crippen LogP contribution in [0.3, 0.4) is 0 Å². The van der Waals surface area contributed by atoms with Gasteiger partial charge in [-0.15, -0.1) is 13.2 Å². The summed E-state index contributed by atoms with van der Waals surface area (Å²) in [5.74, 6) is -0.436. The van der Waals surface area contributed by atoms with Crippen LogP contribution in [0.2, 0.25) is 10.0 Å². The van der Waals surface area contributed by atoms with Crippen molar-refractivity contribution in [1.82, 2.24) is 5.32 Å². The Balaban J connectivity index is 2.04. The van der Waals surface area contributed by atoms with Crippen LogP contribution in [-0.2, 0) is 12.1 Å². The number of amides is 2. The van der Waals surface area contributed by atoms with E-state index in [0.29, 0.717) is 12.5 Å². The zero-order chi connectivity index (χ0) is 23.6. The van der Waals surface area contributed by atoms with E-state index in [-0.39, 0.29) is 22.3 Å². The molecule has 1 unspecified atom stereocenters. The van der Waals surface area contributed by atoms with E-state index in [4.69, 9.17) is 23.2 Å². The first-order valence-corrected chi connectivity index (χ1v) is 9.04. The van der Waals surface area contributed by atoms with E-state index < -0.39 is 35.5 Å². The molecule has 2 aromatic carbocycles. The molecule has 0 spiro atoms. The van der Waals surface area contributed by atoms with Gasteiger partial charge in [-0.2, -0.15) is 13.2 Å². The van der Waals surface area contributed by atoms with Crippen molar-refractivity contribution in [2.24, 2.45) is 0 Å². The minimum absolute atomic E-state index is 0.103. The molecule has 0 bridgehead atoms. The lowest BCUT2D eigenvalue weighted by Crippen LogP contribution is -2.39. The van der Waals surface area contributed by atoms with E-state index in [1.54, 1.807) is 0 Å². The number of nitrogens with one attached hydrogen (secondary N) is 2. The molecular weight excluding hydrogens is 477 g/mol. The summed E-state index contributed by atoms with van der Waals surface area (Å²) < 4.78 is 79.1. The SMILES string of the molecule is CC(O)(c1cc(Cl)c(NC(=O)NCc2ccc(OC(F)(F)F)cc2)c(Cl)c1)C(F)(F)F. The third-order valence-electron chi connectivity index (χ3n) is 4.00. The van der Waals surface area contributed by atoms with Crippen LogP contribution in [-0.4, -0.2) is 23.7 Å². The minimum atomic E-state index is -4.99. The highest BCUT2D eigenvalue weighted by Gasteiger charge is 2.51. The summed E-state index contributed by atoms with van der Waals surface area (Å²) in [6, 6.07) is 5.48. The lowest BCUT2D eigenvalue weighted by atomic mass is 9.95. The second kappa shape index (κ2) is 9.01. The summed E-state index contributed by atoms with van der Waals surface area (Å²) in [7, 11) is 0. The highest BCUT2D eigenvalue weighted by atomic mass is 35.5. The van der Waals surface area contributed by atoms with Crippen molar-refractivity contribution in [3.05, 3.63) is 57.6 Å². The van der Waals surface area contributed by atoms with Crippen molar-refractivity contribution < 1.29 is 41.0 Å². The maximum atomic E-state index is 13.0. The fourth-order valence-corrected chi connectivity index (χ4v) is 2.87. The fourth-order valence-electron chi connectivity index (χ4n) is 2.29. The van der Waals surface area contributed by atoms with Gasteiger partial charge in [-0.05, 0) is 42.3 Å². The Morgan fingerprint density at radius 1 is 1.03 bits per heavy atom. The van der Waals surface area contributed by atoms with E-state index in [9.17, 15) is 36.2 Å². The molecule has 0 aromatic heterocycles. The average molecular weight is 491 g/mol. The molecule has 0 aliphatic heterocycles. The standard InChI is InChI=1S/C18H14Cl2F6N2O3/c1-16(30,17(21,22)23)10-6-12(19)14(13(20)7-10)28-15(29)27-8-9-2-4-11(5-3-9)31-18(24,25)26/h2-7,30H,8H2,1H3,(H2,27,28,29). The molecule has 0 saturated heterocycles. The van der Waals surface area contributed by atoms with Crippen LogP contribution in [0.15, 0.2) is 36.4 Å². The van der Waals surface area contributed by atoms with Crippen molar-refractivity contribution in [3.8, 4) is 5.75 Å². The number of benzene rings is 2. The third kappa shape index (κ3) is 6.55. The monoisotopic (exact) mass is 490 g/mol. The summed E-state index contributed by atoms with van der Waals surface area (Å²) >= 11 is 11.8. The summed E-state index contributed by atoms with van der Waals surface area (Å²) in [6.45, 7) is 0.425. The molecule has 0 heterocycles. The van der Waals surface area contributed by atoms with Crippen LogP contribution in [0.4, 0.5) is 36.8 Å². The number of ether oxygens (including phenoxy) is 1. The number of rotatable bonds is 5. The van der Waals surface area contributed by atoms with Gasteiger partial charge in [0.2, 0.25) is 0 Å². The lowest BCUT2D eigenvalue weighted by molar-refractivity contribution is -0.274.